The third kappa shape index (κ3) is 4.77. The maximum atomic E-state index is 13.2. The van der Waals surface area contributed by atoms with Crippen LogP contribution in [0.5, 0.6) is 0 Å². The van der Waals surface area contributed by atoms with Gasteiger partial charge in [-0.15, -0.1) is 0 Å². The molecule has 4 rings (SSSR count). The average Bonchev–Trinajstić information content (AvgIpc) is 3.09. The van der Waals surface area contributed by atoms with Crippen molar-refractivity contribution in [1.29, 1.82) is 0 Å². The number of aliphatic hydroxyl groups excluding tert-OH is 1. The van der Waals surface area contributed by atoms with Crippen LogP contribution in [-0.2, 0) is 26.2 Å². The zero-order chi connectivity index (χ0) is 25.3. The van der Waals surface area contributed by atoms with Gasteiger partial charge in [0, 0.05) is 43.1 Å². The second-order valence-corrected chi connectivity index (χ2v) is 11.2. The summed E-state index contributed by atoms with van der Waals surface area (Å²) in [5, 5.41) is 11.2. The summed E-state index contributed by atoms with van der Waals surface area (Å²) in [5.74, 6) is -1.93. The predicted molar refractivity (Wildman–Crippen MR) is 134 cm³/mol. The highest BCUT2D eigenvalue weighted by Crippen LogP contribution is 2.40. The fraction of sp³-hybridized carbons (Fsp3) is 0.160. The number of amides is 1. The number of halogens is 1. The van der Waals surface area contributed by atoms with Crippen LogP contribution in [0.2, 0.25) is 0 Å². The van der Waals surface area contributed by atoms with E-state index in [1.807, 2.05) is 0 Å². The van der Waals surface area contributed by atoms with Gasteiger partial charge in [-0.3, -0.25) is 14.6 Å². The molecule has 2 heterocycles. The van der Waals surface area contributed by atoms with E-state index in [4.69, 9.17) is 0 Å². The monoisotopic (exact) mass is 555 g/mol. The number of rotatable bonds is 6. The quantitative estimate of drug-likeness (QED) is 0.282. The molecule has 1 fully saturated rings. The van der Waals surface area contributed by atoms with E-state index in [-0.39, 0.29) is 28.3 Å². The summed E-state index contributed by atoms with van der Waals surface area (Å²) >= 11 is 3.39. The maximum absolute atomic E-state index is 13.2. The molecule has 1 atom stereocenters. The van der Waals surface area contributed by atoms with Crippen molar-refractivity contribution in [3.05, 3.63) is 99.8 Å². The van der Waals surface area contributed by atoms with Crippen molar-refractivity contribution in [2.75, 3.05) is 14.1 Å². The lowest BCUT2D eigenvalue weighted by Crippen LogP contribution is -2.29. The zero-order valence-corrected chi connectivity index (χ0v) is 21.3. The van der Waals surface area contributed by atoms with Crippen LogP contribution >= 0.6 is 15.9 Å². The van der Waals surface area contributed by atoms with E-state index in [1.54, 1.807) is 48.8 Å². The van der Waals surface area contributed by atoms with Crippen LogP contribution < -0.4 is 0 Å². The molecule has 3 aromatic rings. The molecule has 0 spiro atoms. The molecule has 0 radical (unpaired) electrons. The molecule has 0 bridgehead atoms. The van der Waals surface area contributed by atoms with Gasteiger partial charge < -0.3 is 10.0 Å². The van der Waals surface area contributed by atoms with Crippen LogP contribution in [0.4, 0.5) is 0 Å². The minimum absolute atomic E-state index is 0.0422. The van der Waals surface area contributed by atoms with Gasteiger partial charge in [0.2, 0.25) is 10.0 Å². The molecule has 1 amide bonds. The Kier molecular flexibility index (Phi) is 6.88. The normalized spacial score (nSPS) is 17.8. The van der Waals surface area contributed by atoms with Gasteiger partial charge in [-0.2, -0.15) is 0 Å². The van der Waals surface area contributed by atoms with Gasteiger partial charge >= 0.3 is 0 Å². The number of carbonyl (C=O) groups excluding carboxylic acids is 2. The van der Waals surface area contributed by atoms with Gasteiger partial charge in [0.15, 0.2) is 0 Å². The third-order valence-corrected chi connectivity index (χ3v) is 8.07. The highest BCUT2D eigenvalue weighted by Gasteiger charge is 2.46. The first-order valence-electron chi connectivity index (χ1n) is 10.6. The Morgan fingerprint density at radius 1 is 1.06 bits per heavy atom. The number of hydrogen-bond donors (Lipinski definition) is 1. The topological polar surface area (TPSA) is 108 Å². The van der Waals surface area contributed by atoms with E-state index in [0.717, 1.165) is 14.3 Å². The Balaban J connectivity index is 1.82. The molecular formula is C25H22BrN3O5S. The third-order valence-electron chi connectivity index (χ3n) is 5.71. The van der Waals surface area contributed by atoms with E-state index >= 15 is 0 Å². The number of likely N-dealkylation sites (tertiary alicyclic amines) is 1. The van der Waals surface area contributed by atoms with Crippen molar-refractivity contribution in [3.63, 3.8) is 0 Å². The summed E-state index contributed by atoms with van der Waals surface area (Å²) in [4.78, 5) is 31.8. The van der Waals surface area contributed by atoms with Gasteiger partial charge in [-0.05, 0) is 53.6 Å². The number of aromatic nitrogens is 1. The summed E-state index contributed by atoms with van der Waals surface area (Å²) in [6, 6.07) is 15.4. The lowest BCUT2D eigenvalue weighted by Gasteiger charge is -2.25. The van der Waals surface area contributed by atoms with Gasteiger partial charge in [0.05, 0.1) is 16.5 Å². The number of carbonyl (C=O) groups is 2. The first kappa shape index (κ1) is 24.8. The highest BCUT2D eigenvalue weighted by atomic mass is 79.9. The van der Waals surface area contributed by atoms with Crippen LogP contribution in [0.15, 0.2) is 88.0 Å². The Morgan fingerprint density at radius 3 is 2.29 bits per heavy atom. The second kappa shape index (κ2) is 9.73. The van der Waals surface area contributed by atoms with Crippen LogP contribution in [0.1, 0.15) is 22.7 Å². The van der Waals surface area contributed by atoms with Gasteiger partial charge in [-0.25, -0.2) is 12.7 Å². The minimum Gasteiger partial charge on any atom is -0.507 e. The summed E-state index contributed by atoms with van der Waals surface area (Å²) in [7, 11) is -0.820. The number of pyridine rings is 1. The molecule has 1 aromatic heterocycles. The number of Topliss-reactive ketones (excluding diaryl/α,β-unsaturated/α-hetero) is 1. The van der Waals surface area contributed by atoms with Crippen molar-refractivity contribution in [3.8, 4) is 0 Å². The minimum atomic E-state index is -3.66. The Morgan fingerprint density at radius 2 is 1.71 bits per heavy atom. The molecule has 0 aliphatic carbocycles. The maximum Gasteiger partial charge on any atom is 0.295 e. The molecular weight excluding hydrogens is 534 g/mol. The Bertz CT molecular complexity index is 1400. The van der Waals surface area contributed by atoms with Gasteiger partial charge in [0.1, 0.15) is 5.76 Å². The molecule has 1 saturated heterocycles. The number of hydrogen-bond acceptors (Lipinski definition) is 6. The van der Waals surface area contributed by atoms with E-state index < -0.39 is 27.8 Å². The van der Waals surface area contributed by atoms with Crippen LogP contribution in [0, 0.1) is 0 Å². The molecule has 180 valence electrons. The predicted octanol–water partition coefficient (Wildman–Crippen LogP) is 3.72. The number of nitrogens with zero attached hydrogens (tertiary/aromatic N) is 3. The SMILES string of the molecule is CN(C)S(=O)(=O)c1ccc(/C(O)=C2\C(=O)C(=O)N(Cc3cccnc3)C2c2ccc(Br)cc2)cc1. The van der Waals surface area contributed by atoms with Gasteiger partial charge in [0.25, 0.3) is 11.7 Å². The van der Waals surface area contributed by atoms with E-state index in [2.05, 4.69) is 20.9 Å². The molecule has 10 heteroatoms. The molecule has 1 aliphatic heterocycles. The Hall–Kier alpha value is -3.34. The fourth-order valence-electron chi connectivity index (χ4n) is 3.87. The number of aliphatic hydroxyl groups is 1. The number of ketones is 1. The van der Waals surface area contributed by atoms with Crippen molar-refractivity contribution in [2.45, 2.75) is 17.5 Å². The summed E-state index contributed by atoms with van der Waals surface area (Å²) in [6.07, 6.45) is 3.23. The molecule has 1 N–H and O–H groups in total. The largest absolute Gasteiger partial charge is 0.507 e. The van der Waals surface area contributed by atoms with E-state index in [9.17, 15) is 23.1 Å². The van der Waals surface area contributed by atoms with Crippen LogP contribution in [-0.4, -0.2) is 53.5 Å². The molecule has 35 heavy (non-hydrogen) atoms. The summed E-state index contributed by atoms with van der Waals surface area (Å²) in [6.45, 7) is 0.121. The highest BCUT2D eigenvalue weighted by molar-refractivity contribution is 9.10. The molecule has 1 unspecified atom stereocenters. The first-order chi connectivity index (χ1) is 16.6. The van der Waals surface area contributed by atoms with Crippen molar-refractivity contribution in [2.24, 2.45) is 0 Å². The number of benzene rings is 2. The molecule has 0 saturated carbocycles. The zero-order valence-electron chi connectivity index (χ0n) is 18.9. The second-order valence-electron chi connectivity index (χ2n) is 8.15. The van der Waals surface area contributed by atoms with Crippen LogP contribution in [0.3, 0.4) is 0 Å². The average molecular weight is 556 g/mol. The standard InChI is InChI=1S/C25H22BrN3O5S/c1-28(2)35(33,34)20-11-7-18(8-12-20)23(30)21-22(17-5-9-19(26)10-6-17)29(25(32)24(21)31)15-16-4-3-13-27-14-16/h3-14,22,30H,15H2,1-2H3/b23-21+. The van der Waals surface area contributed by atoms with E-state index in [0.29, 0.717) is 5.56 Å². The van der Waals surface area contributed by atoms with Gasteiger partial charge in [-0.1, -0.05) is 34.1 Å². The first-order valence-corrected chi connectivity index (χ1v) is 12.8. The lowest BCUT2D eigenvalue weighted by molar-refractivity contribution is -0.140. The fourth-order valence-corrected chi connectivity index (χ4v) is 5.04. The summed E-state index contributed by atoms with van der Waals surface area (Å²) in [5.41, 5.74) is 1.54. The van der Waals surface area contributed by atoms with Crippen LogP contribution in [0.25, 0.3) is 5.76 Å². The summed E-state index contributed by atoms with van der Waals surface area (Å²) < 4.78 is 26.7. The molecule has 8 nitrogen and oxygen atoms in total. The van der Waals surface area contributed by atoms with Crippen molar-refractivity contribution < 1.29 is 23.1 Å². The molecule has 2 aromatic carbocycles. The Labute approximate surface area is 211 Å². The van der Waals surface area contributed by atoms with E-state index in [1.165, 1.54) is 43.3 Å². The number of sulfonamides is 1. The lowest BCUT2D eigenvalue weighted by atomic mass is 9.95. The smallest absolute Gasteiger partial charge is 0.295 e. The van der Waals surface area contributed by atoms with Crippen molar-refractivity contribution in [1.82, 2.24) is 14.2 Å². The molecule has 1 aliphatic rings. The van der Waals surface area contributed by atoms with Crippen molar-refractivity contribution >= 4 is 43.4 Å².